The Morgan fingerprint density at radius 1 is 1.35 bits per heavy atom. The van der Waals surface area contributed by atoms with E-state index in [0.29, 0.717) is 12.8 Å². The second kappa shape index (κ2) is 8.06. The summed E-state index contributed by atoms with van der Waals surface area (Å²) in [5, 5.41) is 11.6. The first kappa shape index (κ1) is 15.9. The molecule has 0 aromatic carbocycles. The highest BCUT2D eigenvalue weighted by atomic mass is 16.4. The monoisotopic (exact) mass is 244 g/mol. The molecule has 3 atom stereocenters. The van der Waals surface area contributed by atoms with Crippen LogP contribution in [0.15, 0.2) is 0 Å². The van der Waals surface area contributed by atoms with Crippen LogP contribution in [0.2, 0.25) is 0 Å². The van der Waals surface area contributed by atoms with Gasteiger partial charge in [-0.15, -0.1) is 0 Å². The summed E-state index contributed by atoms with van der Waals surface area (Å²) < 4.78 is 0. The van der Waals surface area contributed by atoms with Crippen LogP contribution in [-0.2, 0) is 9.59 Å². The van der Waals surface area contributed by atoms with Gasteiger partial charge in [-0.1, -0.05) is 20.3 Å². The van der Waals surface area contributed by atoms with E-state index in [0.717, 1.165) is 12.8 Å². The van der Waals surface area contributed by atoms with Crippen molar-refractivity contribution in [3.05, 3.63) is 0 Å². The number of carboxylic acid groups (broad SMARTS) is 1. The summed E-state index contributed by atoms with van der Waals surface area (Å²) in [7, 11) is 0. The summed E-state index contributed by atoms with van der Waals surface area (Å²) in [5.74, 6) is -1.25. The molecule has 100 valence electrons. The zero-order chi connectivity index (χ0) is 13.4. The predicted octanol–water partition coefficient (Wildman–Crippen LogP) is 1.12. The third kappa shape index (κ3) is 6.94. The van der Waals surface area contributed by atoms with E-state index in [4.69, 9.17) is 10.8 Å². The van der Waals surface area contributed by atoms with Crippen molar-refractivity contribution in [2.45, 2.75) is 58.5 Å². The third-order valence-corrected chi connectivity index (χ3v) is 2.86. The average Bonchev–Trinajstić information content (AvgIpc) is 2.24. The lowest BCUT2D eigenvalue weighted by Crippen LogP contribution is -2.45. The van der Waals surface area contributed by atoms with Crippen molar-refractivity contribution in [2.75, 3.05) is 0 Å². The molecule has 0 saturated heterocycles. The van der Waals surface area contributed by atoms with Crippen LogP contribution in [0.5, 0.6) is 0 Å². The Morgan fingerprint density at radius 3 is 2.35 bits per heavy atom. The molecule has 0 aliphatic rings. The number of nitrogens with one attached hydrogen (secondary N) is 1. The van der Waals surface area contributed by atoms with Gasteiger partial charge in [0.25, 0.3) is 0 Å². The molecule has 17 heavy (non-hydrogen) atoms. The normalized spacial score (nSPS) is 16.0. The summed E-state index contributed by atoms with van der Waals surface area (Å²) in [6.07, 6.45) is 2.52. The van der Waals surface area contributed by atoms with E-state index in [1.165, 1.54) is 0 Å². The molecule has 0 aromatic rings. The molecule has 0 saturated carbocycles. The highest BCUT2D eigenvalue weighted by Crippen LogP contribution is 2.08. The SMILES string of the molecule is CC[C@H](C)[C@H](NC(=O)CCCC(C)N)C(=O)O. The maximum Gasteiger partial charge on any atom is 0.326 e. The summed E-state index contributed by atoms with van der Waals surface area (Å²) in [4.78, 5) is 22.5. The molecule has 5 heteroatoms. The molecule has 0 rings (SSSR count). The van der Waals surface area contributed by atoms with E-state index in [-0.39, 0.29) is 17.9 Å². The average molecular weight is 244 g/mol. The summed E-state index contributed by atoms with van der Waals surface area (Å²) in [6, 6.07) is -0.713. The van der Waals surface area contributed by atoms with Gasteiger partial charge in [0.15, 0.2) is 0 Å². The number of rotatable bonds is 8. The molecule has 1 unspecified atom stereocenters. The van der Waals surface area contributed by atoms with E-state index in [1.807, 2.05) is 20.8 Å². The van der Waals surface area contributed by atoms with Crippen molar-refractivity contribution in [2.24, 2.45) is 11.7 Å². The van der Waals surface area contributed by atoms with E-state index >= 15 is 0 Å². The van der Waals surface area contributed by atoms with Crippen LogP contribution < -0.4 is 11.1 Å². The van der Waals surface area contributed by atoms with Crippen molar-refractivity contribution >= 4 is 11.9 Å². The molecule has 0 aliphatic heterocycles. The fourth-order valence-corrected chi connectivity index (χ4v) is 1.51. The molecule has 0 bridgehead atoms. The first-order chi connectivity index (χ1) is 7.88. The van der Waals surface area contributed by atoms with Crippen LogP contribution in [0.4, 0.5) is 0 Å². The molecule has 0 radical (unpaired) electrons. The molecule has 0 spiro atoms. The number of amides is 1. The Bertz CT molecular complexity index is 254. The highest BCUT2D eigenvalue weighted by molar-refractivity contribution is 5.83. The zero-order valence-corrected chi connectivity index (χ0v) is 10.9. The Hall–Kier alpha value is -1.10. The van der Waals surface area contributed by atoms with E-state index < -0.39 is 12.0 Å². The van der Waals surface area contributed by atoms with Crippen molar-refractivity contribution in [3.63, 3.8) is 0 Å². The molecule has 0 aromatic heterocycles. The highest BCUT2D eigenvalue weighted by Gasteiger charge is 2.24. The van der Waals surface area contributed by atoms with Crippen LogP contribution >= 0.6 is 0 Å². The number of carboxylic acids is 1. The maximum absolute atomic E-state index is 11.5. The first-order valence-electron chi connectivity index (χ1n) is 6.16. The van der Waals surface area contributed by atoms with Gasteiger partial charge in [0.2, 0.25) is 5.91 Å². The molecule has 4 N–H and O–H groups in total. The number of carbonyl (C=O) groups is 2. The lowest BCUT2D eigenvalue weighted by Gasteiger charge is -2.20. The van der Waals surface area contributed by atoms with E-state index in [9.17, 15) is 9.59 Å². The fraction of sp³-hybridized carbons (Fsp3) is 0.833. The molecule has 0 fully saturated rings. The van der Waals surface area contributed by atoms with Crippen molar-refractivity contribution in [3.8, 4) is 0 Å². The van der Waals surface area contributed by atoms with Crippen molar-refractivity contribution in [1.82, 2.24) is 5.32 Å². The van der Waals surface area contributed by atoms with Gasteiger partial charge >= 0.3 is 5.97 Å². The first-order valence-corrected chi connectivity index (χ1v) is 6.16. The number of hydrogen-bond acceptors (Lipinski definition) is 3. The van der Waals surface area contributed by atoms with Crippen LogP contribution in [0.25, 0.3) is 0 Å². The van der Waals surface area contributed by atoms with Gasteiger partial charge in [0, 0.05) is 12.5 Å². The lowest BCUT2D eigenvalue weighted by atomic mass is 9.99. The quantitative estimate of drug-likeness (QED) is 0.596. The van der Waals surface area contributed by atoms with Crippen LogP contribution in [-0.4, -0.2) is 29.1 Å². The summed E-state index contributed by atoms with van der Waals surface area (Å²) >= 11 is 0. The summed E-state index contributed by atoms with van der Waals surface area (Å²) in [5.41, 5.74) is 5.57. The van der Waals surface area contributed by atoms with Crippen molar-refractivity contribution < 1.29 is 14.7 Å². The molecular weight excluding hydrogens is 220 g/mol. The van der Waals surface area contributed by atoms with Crippen LogP contribution in [0.1, 0.15) is 46.5 Å². The van der Waals surface area contributed by atoms with Gasteiger partial charge in [0.1, 0.15) is 6.04 Å². The minimum Gasteiger partial charge on any atom is -0.480 e. The van der Waals surface area contributed by atoms with Crippen molar-refractivity contribution in [1.29, 1.82) is 0 Å². The number of carbonyl (C=O) groups excluding carboxylic acids is 1. The van der Waals surface area contributed by atoms with Gasteiger partial charge in [-0.25, -0.2) is 4.79 Å². The smallest absolute Gasteiger partial charge is 0.326 e. The minimum atomic E-state index is -0.972. The molecular formula is C12H24N2O3. The second-order valence-corrected chi connectivity index (χ2v) is 4.64. The standard InChI is InChI=1S/C12H24N2O3/c1-4-8(2)11(12(16)17)14-10(15)7-5-6-9(3)13/h8-9,11H,4-7,13H2,1-3H3,(H,14,15)(H,16,17)/t8-,9?,11-/m0/s1. The number of aliphatic carboxylic acids is 1. The number of hydrogen-bond donors (Lipinski definition) is 3. The van der Waals surface area contributed by atoms with Gasteiger partial charge < -0.3 is 16.2 Å². The Balaban J connectivity index is 4.09. The predicted molar refractivity (Wildman–Crippen MR) is 66.5 cm³/mol. The van der Waals surface area contributed by atoms with E-state index in [2.05, 4.69) is 5.32 Å². The minimum absolute atomic E-state index is 0.0649. The molecule has 0 aliphatic carbocycles. The number of nitrogens with two attached hydrogens (primary N) is 1. The second-order valence-electron chi connectivity index (χ2n) is 4.64. The van der Waals surface area contributed by atoms with Gasteiger partial charge in [-0.2, -0.15) is 0 Å². The van der Waals surface area contributed by atoms with Crippen LogP contribution in [0, 0.1) is 5.92 Å². The summed E-state index contributed by atoms with van der Waals surface area (Å²) in [6.45, 7) is 5.61. The van der Waals surface area contributed by atoms with Gasteiger partial charge in [0.05, 0.1) is 0 Å². The topological polar surface area (TPSA) is 92.4 Å². The van der Waals surface area contributed by atoms with Gasteiger partial charge in [-0.3, -0.25) is 4.79 Å². The Labute approximate surface area is 103 Å². The maximum atomic E-state index is 11.5. The zero-order valence-electron chi connectivity index (χ0n) is 10.9. The van der Waals surface area contributed by atoms with E-state index in [1.54, 1.807) is 0 Å². The Kier molecular flexibility index (Phi) is 7.54. The lowest BCUT2D eigenvalue weighted by molar-refractivity contribution is -0.143. The van der Waals surface area contributed by atoms with Gasteiger partial charge in [-0.05, 0) is 25.7 Å². The van der Waals surface area contributed by atoms with Crippen LogP contribution in [0.3, 0.4) is 0 Å². The molecule has 5 nitrogen and oxygen atoms in total. The largest absolute Gasteiger partial charge is 0.480 e. The third-order valence-electron chi connectivity index (χ3n) is 2.86. The fourth-order valence-electron chi connectivity index (χ4n) is 1.51. The molecule has 0 heterocycles. The molecule has 1 amide bonds. The Morgan fingerprint density at radius 2 is 1.94 bits per heavy atom.